The molecule has 3 aromatic rings. The van der Waals surface area contributed by atoms with E-state index in [0.717, 1.165) is 17.4 Å². The Balaban J connectivity index is 1.83. The van der Waals surface area contributed by atoms with Gasteiger partial charge in [0, 0.05) is 5.69 Å². The van der Waals surface area contributed by atoms with Crippen molar-refractivity contribution in [1.82, 2.24) is 24.7 Å². The van der Waals surface area contributed by atoms with Gasteiger partial charge in [0.15, 0.2) is 5.82 Å². The summed E-state index contributed by atoms with van der Waals surface area (Å²) in [5, 5.41) is 17.7. The van der Waals surface area contributed by atoms with Crippen LogP contribution in [-0.2, 0) is 6.54 Å². The van der Waals surface area contributed by atoms with Gasteiger partial charge in [-0.1, -0.05) is 18.2 Å². The van der Waals surface area contributed by atoms with Crippen molar-refractivity contribution in [2.75, 3.05) is 11.1 Å². The SMILES string of the molecule is Cc1ccccc1Nc1nc(N)nc(Cn2cc([N+](=O)[O-])cn2)n1. The largest absolute Gasteiger partial charge is 0.368 e. The van der Waals surface area contributed by atoms with Gasteiger partial charge in [0.05, 0.1) is 4.92 Å². The molecule has 0 bridgehead atoms. The zero-order chi connectivity index (χ0) is 17.1. The van der Waals surface area contributed by atoms with E-state index in [1.165, 1.54) is 10.9 Å². The van der Waals surface area contributed by atoms with Crippen molar-refractivity contribution < 1.29 is 4.92 Å². The summed E-state index contributed by atoms with van der Waals surface area (Å²) in [5.74, 6) is 0.697. The Morgan fingerprint density at radius 1 is 1.29 bits per heavy atom. The van der Waals surface area contributed by atoms with Gasteiger partial charge in [0.1, 0.15) is 18.9 Å². The van der Waals surface area contributed by atoms with Gasteiger partial charge >= 0.3 is 5.69 Å². The minimum atomic E-state index is -0.517. The predicted octanol–water partition coefficient (Wildman–Crippen LogP) is 1.66. The monoisotopic (exact) mass is 326 g/mol. The molecule has 0 atom stereocenters. The lowest BCUT2D eigenvalue weighted by Crippen LogP contribution is -2.11. The van der Waals surface area contributed by atoms with E-state index >= 15 is 0 Å². The fraction of sp³-hybridized carbons (Fsp3) is 0.143. The van der Waals surface area contributed by atoms with Crippen LogP contribution in [0.25, 0.3) is 0 Å². The summed E-state index contributed by atoms with van der Waals surface area (Å²) in [5.41, 5.74) is 7.50. The summed E-state index contributed by atoms with van der Waals surface area (Å²) in [7, 11) is 0. The van der Waals surface area contributed by atoms with E-state index in [0.29, 0.717) is 11.8 Å². The highest BCUT2D eigenvalue weighted by Gasteiger charge is 2.11. The molecular formula is C14H14N8O2. The normalized spacial score (nSPS) is 10.5. The average Bonchev–Trinajstić information content (AvgIpc) is 2.98. The summed E-state index contributed by atoms with van der Waals surface area (Å²) >= 11 is 0. The fourth-order valence-electron chi connectivity index (χ4n) is 2.08. The third kappa shape index (κ3) is 3.43. The molecule has 0 saturated carbocycles. The number of aryl methyl sites for hydroxylation is 1. The zero-order valence-corrected chi connectivity index (χ0v) is 12.7. The van der Waals surface area contributed by atoms with E-state index in [1.54, 1.807) is 0 Å². The lowest BCUT2D eigenvalue weighted by molar-refractivity contribution is -0.385. The molecule has 24 heavy (non-hydrogen) atoms. The Kier molecular flexibility index (Phi) is 4.01. The molecule has 0 aliphatic rings. The van der Waals surface area contributed by atoms with Gasteiger partial charge in [-0.2, -0.15) is 20.1 Å². The second kappa shape index (κ2) is 6.28. The van der Waals surface area contributed by atoms with Crippen molar-refractivity contribution in [3.63, 3.8) is 0 Å². The molecule has 0 aliphatic carbocycles. The summed E-state index contributed by atoms with van der Waals surface area (Å²) in [6.07, 6.45) is 2.46. The molecule has 0 aliphatic heterocycles. The Labute approximate surface area is 136 Å². The van der Waals surface area contributed by atoms with Crippen LogP contribution in [-0.4, -0.2) is 29.7 Å². The minimum absolute atomic E-state index is 0.0535. The van der Waals surface area contributed by atoms with Gasteiger partial charge in [-0.15, -0.1) is 0 Å². The molecule has 122 valence electrons. The molecule has 0 saturated heterocycles. The third-order valence-corrected chi connectivity index (χ3v) is 3.22. The zero-order valence-electron chi connectivity index (χ0n) is 12.7. The summed E-state index contributed by atoms with van der Waals surface area (Å²) in [6, 6.07) is 7.67. The Bertz CT molecular complexity index is 892. The van der Waals surface area contributed by atoms with E-state index in [4.69, 9.17) is 5.73 Å². The van der Waals surface area contributed by atoms with Crippen LogP contribution in [0, 0.1) is 17.0 Å². The number of aromatic nitrogens is 5. The summed E-state index contributed by atoms with van der Waals surface area (Å²) in [4.78, 5) is 22.5. The number of nitro groups is 1. The highest BCUT2D eigenvalue weighted by molar-refractivity contribution is 5.58. The van der Waals surface area contributed by atoms with Crippen LogP contribution >= 0.6 is 0 Å². The van der Waals surface area contributed by atoms with Crippen molar-refractivity contribution in [2.45, 2.75) is 13.5 Å². The van der Waals surface area contributed by atoms with Gasteiger partial charge in [-0.3, -0.25) is 14.8 Å². The standard InChI is InChI=1S/C14H14N8O2/c1-9-4-2-3-5-11(9)17-14-19-12(18-13(15)20-14)8-21-7-10(6-16-21)22(23)24/h2-7H,8H2,1H3,(H3,15,17,18,19,20). The van der Waals surface area contributed by atoms with E-state index in [9.17, 15) is 10.1 Å². The number of para-hydroxylation sites is 1. The number of rotatable bonds is 5. The molecule has 10 nitrogen and oxygen atoms in total. The molecule has 0 amide bonds. The van der Waals surface area contributed by atoms with Crippen LogP contribution in [0.15, 0.2) is 36.7 Å². The number of nitrogens with two attached hydrogens (primary N) is 1. The van der Waals surface area contributed by atoms with Gasteiger partial charge in [0.25, 0.3) is 0 Å². The Hall–Kier alpha value is -3.56. The first-order valence-corrected chi connectivity index (χ1v) is 7.01. The number of nitrogens with one attached hydrogen (secondary N) is 1. The second-order valence-electron chi connectivity index (χ2n) is 5.03. The van der Waals surface area contributed by atoms with Gasteiger partial charge in [0.2, 0.25) is 11.9 Å². The number of anilines is 3. The summed E-state index contributed by atoms with van der Waals surface area (Å²) in [6.45, 7) is 2.10. The predicted molar refractivity (Wildman–Crippen MR) is 86.7 cm³/mol. The lowest BCUT2D eigenvalue weighted by atomic mass is 10.2. The molecule has 3 N–H and O–H groups in total. The Morgan fingerprint density at radius 3 is 2.79 bits per heavy atom. The van der Waals surface area contributed by atoms with E-state index in [1.807, 2.05) is 31.2 Å². The molecule has 2 heterocycles. The quantitative estimate of drug-likeness (QED) is 0.533. The van der Waals surface area contributed by atoms with Crippen LogP contribution < -0.4 is 11.1 Å². The average molecular weight is 326 g/mol. The van der Waals surface area contributed by atoms with Crippen molar-refractivity contribution in [3.05, 3.63) is 58.2 Å². The number of hydrogen-bond donors (Lipinski definition) is 2. The number of nitrogen functional groups attached to an aromatic ring is 1. The van der Waals surface area contributed by atoms with E-state index in [2.05, 4.69) is 25.4 Å². The third-order valence-electron chi connectivity index (χ3n) is 3.22. The van der Waals surface area contributed by atoms with Crippen LogP contribution in [0.5, 0.6) is 0 Å². The number of benzene rings is 1. The fourth-order valence-corrected chi connectivity index (χ4v) is 2.08. The van der Waals surface area contributed by atoms with Crippen molar-refractivity contribution in [2.24, 2.45) is 0 Å². The molecule has 2 aromatic heterocycles. The van der Waals surface area contributed by atoms with Crippen molar-refractivity contribution >= 4 is 23.3 Å². The first-order valence-electron chi connectivity index (χ1n) is 7.01. The summed E-state index contributed by atoms with van der Waals surface area (Å²) < 4.78 is 1.37. The number of hydrogen-bond acceptors (Lipinski definition) is 8. The molecule has 0 spiro atoms. The topological polar surface area (TPSA) is 138 Å². The van der Waals surface area contributed by atoms with Crippen LogP contribution in [0.2, 0.25) is 0 Å². The minimum Gasteiger partial charge on any atom is -0.368 e. The lowest BCUT2D eigenvalue weighted by Gasteiger charge is -2.09. The molecule has 10 heteroatoms. The highest BCUT2D eigenvalue weighted by Crippen LogP contribution is 2.18. The Morgan fingerprint density at radius 2 is 2.08 bits per heavy atom. The van der Waals surface area contributed by atoms with Crippen molar-refractivity contribution in [1.29, 1.82) is 0 Å². The maximum Gasteiger partial charge on any atom is 0.307 e. The molecular weight excluding hydrogens is 312 g/mol. The van der Waals surface area contributed by atoms with E-state index in [-0.39, 0.29) is 18.2 Å². The maximum absolute atomic E-state index is 10.7. The highest BCUT2D eigenvalue weighted by atomic mass is 16.6. The number of nitrogens with zero attached hydrogens (tertiary/aromatic N) is 6. The van der Waals surface area contributed by atoms with Gasteiger partial charge in [-0.25, -0.2) is 0 Å². The first kappa shape index (κ1) is 15.3. The second-order valence-corrected chi connectivity index (χ2v) is 5.03. The van der Waals surface area contributed by atoms with Crippen LogP contribution in [0.1, 0.15) is 11.4 Å². The maximum atomic E-state index is 10.7. The molecule has 0 unspecified atom stereocenters. The molecule has 0 fully saturated rings. The molecule has 3 rings (SSSR count). The van der Waals surface area contributed by atoms with Crippen LogP contribution in [0.3, 0.4) is 0 Å². The molecule has 0 radical (unpaired) electrons. The van der Waals surface area contributed by atoms with E-state index < -0.39 is 4.92 Å². The van der Waals surface area contributed by atoms with Gasteiger partial charge < -0.3 is 11.1 Å². The first-order chi connectivity index (χ1) is 11.5. The van der Waals surface area contributed by atoms with Crippen molar-refractivity contribution in [3.8, 4) is 0 Å². The smallest absolute Gasteiger partial charge is 0.307 e. The molecule has 1 aromatic carbocycles. The van der Waals surface area contributed by atoms with Crippen LogP contribution in [0.4, 0.5) is 23.3 Å². The van der Waals surface area contributed by atoms with Gasteiger partial charge in [-0.05, 0) is 18.6 Å².